The predicted molar refractivity (Wildman–Crippen MR) is 139 cm³/mol. The smallest absolute Gasteiger partial charge is 0.303 e. The SMILES string of the molecule is CC(=O)O[C@@H]1CC[C@@]2(C)[C@H](C1)C[C@@H](OC(C)=O)[C@@H]1[C@@H]2C[C@H](OC(C)=O)[C@@]2(C)[C@H]1CC[C@H]2[C@@H](C)CCC(=O)O. The number of ether oxygens (including phenoxy) is 3. The normalized spacial score (nSPS) is 42.6. The summed E-state index contributed by atoms with van der Waals surface area (Å²) >= 11 is 0. The number of rotatable bonds is 7. The van der Waals surface area contributed by atoms with Gasteiger partial charge in [0.2, 0.25) is 0 Å². The van der Waals surface area contributed by atoms with Crippen LogP contribution in [0.25, 0.3) is 0 Å². The van der Waals surface area contributed by atoms with Crippen LogP contribution in [-0.4, -0.2) is 47.3 Å². The molecule has 0 heterocycles. The molecule has 0 radical (unpaired) electrons. The van der Waals surface area contributed by atoms with Crippen LogP contribution in [0.5, 0.6) is 0 Å². The molecular weight excluding hydrogens is 488 g/mol. The van der Waals surface area contributed by atoms with Crippen molar-refractivity contribution < 1.29 is 38.5 Å². The molecule has 0 aromatic carbocycles. The van der Waals surface area contributed by atoms with Gasteiger partial charge in [-0.15, -0.1) is 0 Å². The molecule has 4 aliphatic carbocycles. The van der Waals surface area contributed by atoms with Gasteiger partial charge in [-0.3, -0.25) is 19.2 Å². The quantitative estimate of drug-likeness (QED) is 0.352. The third kappa shape index (κ3) is 5.21. The van der Waals surface area contributed by atoms with Crippen molar-refractivity contribution >= 4 is 23.9 Å². The highest BCUT2D eigenvalue weighted by Gasteiger charge is 2.67. The third-order valence-corrected chi connectivity index (χ3v) is 11.2. The van der Waals surface area contributed by atoms with E-state index in [0.717, 1.165) is 38.5 Å². The standard InChI is InChI=1S/C30H46O8/c1-16(7-10-27(34)35)22-8-9-23-28-24(15-26(30(22,23)6)38-19(4)33)29(5)12-11-21(36-17(2)31)13-20(29)14-25(28)37-18(3)32/h16,20-26,28H,7-15H2,1-6H3,(H,34,35)/t16-,20+,21+,22-,23-,24-,25+,26-,28-,29-,30+/m0/s1. The molecule has 1 N–H and O–H groups in total. The first-order valence-corrected chi connectivity index (χ1v) is 14.5. The second-order valence-electron chi connectivity index (χ2n) is 13.2. The van der Waals surface area contributed by atoms with Gasteiger partial charge in [-0.25, -0.2) is 0 Å². The number of fused-ring (bicyclic) bond motifs is 5. The Morgan fingerprint density at radius 3 is 2.13 bits per heavy atom. The van der Waals surface area contributed by atoms with Crippen LogP contribution in [0.2, 0.25) is 0 Å². The Morgan fingerprint density at radius 2 is 1.53 bits per heavy atom. The van der Waals surface area contributed by atoms with Crippen LogP contribution >= 0.6 is 0 Å². The lowest BCUT2D eigenvalue weighted by Gasteiger charge is -2.64. The van der Waals surface area contributed by atoms with Gasteiger partial charge < -0.3 is 19.3 Å². The monoisotopic (exact) mass is 534 g/mol. The van der Waals surface area contributed by atoms with Gasteiger partial charge in [-0.2, -0.15) is 0 Å². The average Bonchev–Trinajstić information content (AvgIpc) is 3.16. The van der Waals surface area contributed by atoms with Gasteiger partial charge in [0.1, 0.15) is 18.3 Å². The molecule has 8 heteroatoms. The number of carbonyl (C=O) groups excluding carboxylic acids is 3. The molecule has 4 saturated carbocycles. The van der Waals surface area contributed by atoms with Gasteiger partial charge in [0.25, 0.3) is 0 Å². The van der Waals surface area contributed by atoms with E-state index in [0.29, 0.717) is 12.8 Å². The summed E-state index contributed by atoms with van der Waals surface area (Å²) in [5.41, 5.74) is -0.355. The number of carbonyl (C=O) groups is 4. The van der Waals surface area contributed by atoms with Crippen LogP contribution in [0.15, 0.2) is 0 Å². The highest BCUT2D eigenvalue weighted by molar-refractivity contribution is 5.67. The van der Waals surface area contributed by atoms with Crippen molar-refractivity contribution in [2.75, 3.05) is 0 Å². The zero-order chi connectivity index (χ0) is 28.0. The first kappa shape index (κ1) is 28.9. The van der Waals surface area contributed by atoms with Crippen LogP contribution in [0.1, 0.15) is 99.3 Å². The number of hydrogen-bond donors (Lipinski definition) is 1. The molecule has 0 aromatic heterocycles. The van der Waals surface area contributed by atoms with E-state index in [9.17, 15) is 24.3 Å². The average molecular weight is 535 g/mol. The molecule has 0 aromatic rings. The molecule has 0 saturated heterocycles. The lowest BCUT2D eigenvalue weighted by Crippen LogP contribution is -2.63. The lowest BCUT2D eigenvalue weighted by molar-refractivity contribution is -0.224. The molecule has 0 spiro atoms. The summed E-state index contributed by atoms with van der Waals surface area (Å²) in [6.07, 6.45) is 5.93. The van der Waals surface area contributed by atoms with Crippen LogP contribution in [0.4, 0.5) is 0 Å². The van der Waals surface area contributed by atoms with Gasteiger partial charge in [-0.05, 0) is 86.4 Å². The zero-order valence-electron chi connectivity index (χ0n) is 23.9. The van der Waals surface area contributed by atoms with E-state index in [4.69, 9.17) is 14.2 Å². The van der Waals surface area contributed by atoms with E-state index >= 15 is 0 Å². The Kier molecular flexibility index (Phi) is 8.21. The first-order valence-electron chi connectivity index (χ1n) is 14.5. The van der Waals surface area contributed by atoms with E-state index in [-0.39, 0.29) is 89.0 Å². The topological polar surface area (TPSA) is 116 Å². The van der Waals surface area contributed by atoms with Crippen LogP contribution in [-0.2, 0) is 33.4 Å². The number of carboxylic acid groups (broad SMARTS) is 1. The van der Waals surface area contributed by atoms with Gasteiger partial charge in [0.05, 0.1) is 0 Å². The summed E-state index contributed by atoms with van der Waals surface area (Å²) < 4.78 is 17.8. The molecule has 0 aliphatic heterocycles. The third-order valence-electron chi connectivity index (χ3n) is 11.2. The molecule has 0 bridgehead atoms. The molecule has 11 atom stereocenters. The number of esters is 3. The van der Waals surface area contributed by atoms with Crippen molar-refractivity contribution in [3.05, 3.63) is 0 Å². The molecule has 38 heavy (non-hydrogen) atoms. The van der Waals surface area contributed by atoms with Gasteiger partial charge >= 0.3 is 23.9 Å². The Bertz CT molecular complexity index is 947. The predicted octanol–water partition coefficient (Wildman–Crippen LogP) is 5.16. The summed E-state index contributed by atoms with van der Waals surface area (Å²) in [5.74, 6) is -0.421. The summed E-state index contributed by atoms with van der Waals surface area (Å²) in [4.78, 5) is 47.7. The van der Waals surface area contributed by atoms with Crippen LogP contribution in [0.3, 0.4) is 0 Å². The van der Waals surface area contributed by atoms with Crippen molar-refractivity contribution in [3.8, 4) is 0 Å². The van der Waals surface area contributed by atoms with Gasteiger partial charge in [0, 0.05) is 38.5 Å². The van der Waals surface area contributed by atoms with Crippen molar-refractivity contribution in [3.63, 3.8) is 0 Å². The van der Waals surface area contributed by atoms with E-state index in [1.165, 1.54) is 20.8 Å². The Morgan fingerprint density at radius 1 is 0.868 bits per heavy atom. The molecule has 4 rings (SSSR count). The molecule has 8 nitrogen and oxygen atoms in total. The lowest BCUT2D eigenvalue weighted by atomic mass is 9.43. The number of hydrogen-bond acceptors (Lipinski definition) is 7. The fourth-order valence-corrected chi connectivity index (χ4v) is 9.67. The van der Waals surface area contributed by atoms with Gasteiger partial charge in [-0.1, -0.05) is 20.8 Å². The largest absolute Gasteiger partial charge is 0.481 e. The van der Waals surface area contributed by atoms with Crippen molar-refractivity contribution in [2.45, 2.75) is 118 Å². The minimum absolute atomic E-state index is 0.0370. The van der Waals surface area contributed by atoms with E-state index < -0.39 is 5.97 Å². The van der Waals surface area contributed by atoms with Crippen LogP contribution in [0, 0.1) is 46.3 Å². The Balaban J connectivity index is 1.71. The highest BCUT2D eigenvalue weighted by Crippen LogP contribution is 2.69. The molecule has 4 fully saturated rings. The minimum Gasteiger partial charge on any atom is -0.481 e. The summed E-state index contributed by atoms with van der Waals surface area (Å²) in [7, 11) is 0. The van der Waals surface area contributed by atoms with Crippen molar-refractivity contribution in [1.82, 2.24) is 0 Å². The maximum absolute atomic E-state index is 12.4. The minimum atomic E-state index is -0.790. The molecular formula is C30H46O8. The molecule has 214 valence electrons. The summed E-state index contributed by atoms with van der Waals surface area (Å²) in [6.45, 7) is 11.1. The van der Waals surface area contributed by atoms with Crippen LogP contribution < -0.4 is 0 Å². The molecule has 0 amide bonds. The van der Waals surface area contributed by atoms with Crippen molar-refractivity contribution in [2.24, 2.45) is 46.3 Å². The molecule has 0 unspecified atom stereocenters. The number of carboxylic acids is 1. The zero-order valence-corrected chi connectivity index (χ0v) is 23.9. The number of aliphatic carboxylic acids is 1. The van der Waals surface area contributed by atoms with E-state index in [1.807, 2.05) is 0 Å². The fourth-order valence-electron chi connectivity index (χ4n) is 9.67. The second kappa shape index (κ2) is 10.8. The maximum Gasteiger partial charge on any atom is 0.303 e. The fraction of sp³-hybridized carbons (Fsp3) is 0.867. The second-order valence-corrected chi connectivity index (χ2v) is 13.2. The van der Waals surface area contributed by atoms with E-state index in [1.54, 1.807) is 0 Å². The Labute approximate surface area is 226 Å². The first-order chi connectivity index (χ1) is 17.8. The van der Waals surface area contributed by atoms with E-state index in [2.05, 4.69) is 20.8 Å². The van der Waals surface area contributed by atoms with Gasteiger partial charge in [0.15, 0.2) is 0 Å². The molecule has 4 aliphatic rings. The highest BCUT2D eigenvalue weighted by atomic mass is 16.6. The summed E-state index contributed by atoms with van der Waals surface area (Å²) in [6, 6.07) is 0. The summed E-state index contributed by atoms with van der Waals surface area (Å²) in [5, 5.41) is 9.31. The van der Waals surface area contributed by atoms with Crippen molar-refractivity contribution in [1.29, 1.82) is 0 Å². The Hall–Kier alpha value is -2.12. The maximum atomic E-state index is 12.4.